The quantitative estimate of drug-likeness (QED) is 0.341. The van der Waals surface area contributed by atoms with Crippen LogP contribution in [0, 0.1) is 0 Å². The van der Waals surface area contributed by atoms with Crippen molar-refractivity contribution in [2.24, 2.45) is 10.9 Å². The summed E-state index contributed by atoms with van der Waals surface area (Å²) in [6, 6.07) is 0.163. The minimum absolute atomic E-state index is 0.163. The van der Waals surface area contributed by atoms with Gasteiger partial charge in [-0.2, -0.15) is 0 Å². The predicted molar refractivity (Wildman–Crippen MR) is 81.5 cm³/mol. The third-order valence-electron chi connectivity index (χ3n) is 4.70. The number of likely N-dealkylation sites (tertiary alicyclic amines) is 1. The third-order valence-corrected chi connectivity index (χ3v) is 4.70. The molecule has 2 saturated heterocycles. The number of amides is 2. The first-order chi connectivity index (χ1) is 9.96. The molecule has 2 heterocycles. The molecule has 7 nitrogen and oxygen atoms in total. The smallest absolute Gasteiger partial charge is 0.320 e. The number of hydrogen-bond acceptors (Lipinski definition) is 4. The molecule has 3 N–H and O–H groups in total. The van der Waals surface area contributed by atoms with E-state index in [4.69, 9.17) is 10.9 Å². The molecule has 0 radical (unpaired) electrons. The van der Waals surface area contributed by atoms with Crippen molar-refractivity contribution in [3.8, 4) is 0 Å². The highest BCUT2D eigenvalue weighted by molar-refractivity contribution is 5.88. The molecule has 2 rings (SSSR count). The number of rotatable bonds is 2. The van der Waals surface area contributed by atoms with Gasteiger partial charge in [0, 0.05) is 39.3 Å². The van der Waals surface area contributed by atoms with Crippen LogP contribution < -0.4 is 5.73 Å². The number of amidine groups is 1. The highest BCUT2D eigenvalue weighted by Gasteiger charge is 2.35. The molecule has 0 atom stereocenters. The zero-order valence-electron chi connectivity index (χ0n) is 13.1. The van der Waals surface area contributed by atoms with Crippen LogP contribution in [0.1, 0.15) is 33.1 Å². The minimum atomic E-state index is -0.491. The zero-order valence-corrected chi connectivity index (χ0v) is 13.1. The van der Waals surface area contributed by atoms with Crippen LogP contribution in [0.25, 0.3) is 0 Å². The van der Waals surface area contributed by atoms with Gasteiger partial charge in [0.15, 0.2) is 5.84 Å². The van der Waals surface area contributed by atoms with E-state index in [1.54, 1.807) is 0 Å². The van der Waals surface area contributed by atoms with Crippen molar-refractivity contribution in [3.05, 3.63) is 0 Å². The molecule has 2 fully saturated rings. The molecule has 0 aliphatic carbocycles. The number of piperazine rings is 1. The largest absolute Gasteiger partial charge is 0.409 e. The fourth-order valence-electron chi connectivity index (χ4n) is 3.03. The normalized spacial score (nSPS) is 22.5. The van der Waals surface area contributed by atoms with E-state index >= 15 is 0 Å². The summed E-state index contributed by atoms with van der Waals surface area (Å²) in [4.78, 5) is 18.5. The number of urea groups is 1. The van der Waals surface area contributed by atoms with E-state index in [1.165, 1.54) is 6.42 Å². The van der Waals surface area contributed by atoms with Gasteiger partial charge in [-0.1, -0.05) is 5.16 Å². The van der Waals surface area contributed by atoms with Gasteiger partial charge in [0.25, 0.3) is 0 Å². The van der Waals surface area contributed by atoms with Crippen LogP contribution in [-0.4, -0.2) is 76.6 Å². The molecule has 21 heavy (non-hydrogen) atoms. The van der Waals surface area contributed by atoms with Gasteiger partial charge in [0.2, 0.25) is 0 Å². The molecule has 0 bridgehead atoms. The maximum Gasteiger partial charge on any atom is 0.320 e. The van der Waals surface area contributed by atoms with E-state index in [-0.39, 0.29) is 11.9 Å². The number of oxime groups is 1. The fourth-order valence-corrected chi connectivity index (χ4v) is 3.03. The van der Waals surface area contributed by atoms with Crippen LogP contribution in [0.2, 0.25) is 0 Å². The Morgan fingerprint density at radius 3 is 2.05 bits per heavy atom. The average molecular weight is 297 g/mol. The lowest BCUT2D eigenvalue weighted by Gasteiger charge is -2.44. The van der Waals surface area contributed by atoms with Crippen LogP contribution in [0.5, 0.6) is 0 Å². The molecule has 2 aliphatic heterocycles. The monoisotopic (exact) mass is 297 g/mol. The topological polar surface area (TPSA) is 85.4 Å². The highest BCUT2D eigenvalue weighted by Crippen LogP contribution is 2.19. The van der Waals surface area contributed by atoms with E-state index in [9.17, 15) is 4.79 Å². The zero-order chi connectivity index (χ0) is 15.5. The van der Waals surface area contributed by atoms with Crippen molar-refractivity contribution < 1.29 is 10.0 Å². The minimum Gasteiger partial charge on any atom is -0.409 e. The van der Waals surface area contributed by atoms with Crippen molar-refractivity contribution in [3.63, 3.8) is 0 Å². The number of hydrogen-bond donors (Lipinski definition) is 2. The average Bonchev–Trinajstić information content (AvgIpc) is 2.54. The van der Waals surface area contributed by atoms with Crippen molar-refractivity contribution in [2.75, 3.05) is 39.3 Å². The molecule has 0 aromatic carbocycles. The first-order valence-electron chi connectivity index (χ1n) is 7.73. The molecule has 0 saturated carbocycles. The Morgan fingerprint density at radius 1 is 1.00 bits per heavy atom. The van der Waals surface area contributed by atoms with Crippen molar-refractivity contribution in [1.82, 2.24) is 14.7 Å². The van der Waals surface area contributed by atoms with E-state index in [0.717, 1.165) is 39.0 Å². The Labute approximate surface area is 126 Å². The molecule has 2 amide bonds. The van der Waals surface area contributed by atoms with Crippen LogP contribution in [0.3, 0.4) is 0 Å². The maximum atomic E-state index is 12.4. The Hall–Kier alpha value is -1.50. The van der Waals surface area contributed by atoms with Crippen LogP contribution in [-0.2, 0) is 0 Å². The van der Waals surface area contributed by atoms with E-state index in [2.05, 4.69) is 10.1 Å². The number of carbonyl (C=O) groups excluding carboxylic acids is 1. The summed E-state index contributed by atoms with van der Waals surface area (Å²) < 4.78 is 0. The standard InChI is InChI=1S/C14H27N5O2/c1-14(2,12(15)16-21)19-10-8-18(9-11-19)13(20)17-6-4-3-5-7-17/h21H,3-11H2,1-2H3,(H2,15,16). The molecule has 0 unspecified atom stereocenters. The van der Waals surface area contributed by atoms with Gasteiger partial charge in [-0.05, 0) is 33.1 Å². The highest BCUT2D eigenvalue weighted by atomic mass is 16.4. The molecule has 120 valence electrons. The summed E-state index contributed by atoms with van der Waals surface area (Å²) in [6.45, 7) is 8.50. The predicted octanol–water partition coefficient (Wildman–Crippen LogP) is 0.735. The van der Waals surface area contributed by atoms with Gasteiger partial charge < -0.3 is 20.7 Å². The van der Waals surface area contributed by atoms with Crippen LogP contribution in [0.15, 0.2) is 5.16 Å². The SMILES string of the molecule is CC(C)(C(N)=NO)N1CCN(C(=O)N2CCCCC2)CC1. The Morgan fingerprint density at radius 2 is 1.52 bits per heavy atom. The Balaban J connectivity index is 1.89. The molecule has 0 aromatic heterocycles. The molecular formula is C14H27N5O2. The van der Waals surface area contributed by atoms with Gasteiger partial charge in [-0.25, -0.2) is 4.79 Å². The summed E-state index contributed by atoms with van der Waals surface area (Å²) in [5, 5.41) is 12.0. The Bertz CT molecular complexity index is 396. The first-order valence-corrected chi connectivity index (χ1v) is 7.73. The second-order valence-electron chi connectivity index (χ2n) is 6.35. The Kier molecular flexibility index (Phi) is 4.92. The van der Waals surface area contributed by atoms with Crippen LogP contribution in [0.4, 0.5) is 4.79 Å². The van der Waals surface area contributed by atoms with E-state index < -0.39 is 5.54 Å². The number of piperidine rings is 1. The van der Waals surface area contributed by atoms with Gasteiger partial charge in [0.1, 0.15) is 0 Å². The maximum absolute atomic E-state index is 12.4. The molecule has 7 heteroatoms. The first kappa shape index (κ1) is 15.9. The van der Waals surface area contributed by atoms with E-state index in [1.807, 2.05) is 23.6 Å². The van der Waals surface area contributed by atoms with Gasteiger partial charge in [0.05, 0.1) is 5.54 Å². The summed E-state index contributed by atoms with van der Waals surface area (Å²) in [5.74, 6) is 0.207. The molecular weight excluding hydrogens is 270 g/mol. The van der Waals surface area contributed by atoms with Gasteiger partial charge in [-0.15, -0.1) is 0 Å². The van der Waals surface area contributed by atoms with Crippen molar-refractivity contribution in [2.45, 2.75) is 38.6 Å². The number of nitrogens with zero attached hydrogens (tertiary/aromatic N) is 4. The van der Waals surface area contributed by atoms with Crippen LogP contribution >= 0.6 is 0 Å². The molecule has 2 aliphatic rings. The lowest BCUT2D eigenvalue weighted by Crippen LogP contribution is -2.61. The summed E-state index contributed by atoms with van der Waals surface area (Å²) in [7, 11) is 0. The number of nitrogens with two attached hydrogens (primary N) is 1. The summed E-state index contributed by atoms with van der Waals surface area (Å²) in [6.07, 6.45) is 3.45. The fraction of sp³-hybridized carbons (Fsp3) is 0.857. The summed E-state index contributed by atoms with van der Waals surface area (Å²) >= 11 is 0. The number of carbonyl (C=O) groups is 1. The summed E-state index contributed by atoms with van der Waals surface area (Å²) in [5.41, 5.74) is 5.27. The lowest BCUT2D eigenvalue weighted by atomic mass is 10.0. The molecule has 0 spiro atoms. The second-order valence-corrected chi connectivity index (χ2v) is 6.35. The van der Waals surface area contributed by atoms with Crippen molar-refractivity contribution >= 4 is 11.9 Å². The molecule has 0 aromatic rings. The third kappa shape index (κ3) is 3.40. The van der Waals surface area contributed by atoms with Gasteiger partial charge >= 0.3 is 6.03 Å². The second kappa shape index (κ2) is 6.51. The lowest BCUT2D eigenvalue weighted by molar-refractivity contribution is 0.0783. The van der Waals surface area contributed by atoms with Gasteiger partial charge in [-0.3, -0.25) is 4.90 Å². The van der Waals surface area contributed by atoms with Crippen molar-refractivity contribution in [1.29, 1.82) is 0 Å². The van der Waals surface area contributed by atoms with E-state index in [0.29, 0.717) is 13.1 Å².